The molecule has 1 aliphatic carbocycles. The number of hydrogen-bond acceptors (Lipinski definition) is 6. The highest BCUT2D eigenvalue weighted by atomic mass is 35.5. The number of nitro groups is 1. The summed E-state index contributed by atoms with van der Waals surface area (Å²) in [4.78, 5) is 37.0. The summed E-state index contributed by atoms with van der Waals surface area (Å²) in [6.07, 6.45) is 5.44. The van der Waals surface area contributed by atoms with E-state index in [1.54, 1.807) is 0 Å². The minimum absolute atomic E-state index is 0.0433. The Bertz CT molecular complexity index is 957. The summed E-state index contributed by atoms with van der Waals surface area (Å²) in [5.74, 6) is -0.977. The highest BCUT2D eigenvalue weighted by Crippen LogP contribution is 2.38. The summed E-state index contributed by atoms with van der Waals surface area (Å²) in [6, 6.07) is 3.86. The predicted octanol–water partition coefficient (Wildman–Crippen LogP) is 5.40. The lowest BCUT2D eigenvalue weighted by molar-refractivity contribution is -0.384. The van der Waals surface area contributed by atoms with Crippen LogP contribution in [0.3, 0.4) is 0 Å². The van der Waals surface area contributed by atoms with Crippen molar-refractivity contribution in [3.8, 4) is 0 Å². The van der Waals surface area contributed by atoms with Gasteiger partial charge in [0.2, 0.25) is 0 Å². The SMILES string of the molecule is CCCOC(=O)c1c(NC(=O)c2ccc(Cl)c([N+](=O)[O-])c2)sc2c1CCCCC2. The van der Waals surface area contributed by atoms with Crippen LogP contribution in [0.5, 0.6) is 0 Å². The molecule has 0 saturated carbocycles. The number of aryl methyl sites for hydroxylation is 1. The van der Waals surface area contributed by atoms with E-state index in [-0.39, 0.29) is 16.3 Å². The number of nitrogens with one attached hydrogen (secondary N) is 1. The highest BCUT2D eigenvalue weighted by molar-refractivity contribution is 7.17. The van der Waals surface area contributed by atoms with Crippen LogP contribution in [-0.2, 0) is 17.6 Å². The van der Waals surface area contributed by atoms with Gasteiger partial charge in [-0.15, -0.1) is 11.3 Å². The smallest absolute Gasteiger partial charge is 0.341 e. The first-order valence-electron chi connectivity index (χ1n) is 9.49. The summed E-state index contributed by atoms with van der Waals surface area (Å²) in [6.45, 7) is 2.22. The number of amides is 1. The van der Waals surface area contributed by atoms with Gasteiger partial charge in [-0.1, -0.05) is 24.9 Å². The van der Waals surface area contributed by atoms with Gasteiger partial charge in [0.15, 0.2) is 0 Å². The molecule has 0 unspecified atom stereocenters. The molecule has 1 aliphatic rings. The number of halogens is 1. The lowest BCUT2D eigenvalue weighted by Crippen LogP contribution is -2.15. The number of thiophene rings is 1. The molecule has 0 fully saturated rings. The van der Waals surface area contributed by atoms with Crippen molar-refractivity contribution < 1.29 is 19.2 Å². The first kappa shape index (κ1) is 21.3. The average molecular weight is 437 g/mol. The molecule has 3 rings (SSSR count). The maximum absolute atomic E-state index is 12.7. The molecule has 0 atom stereocenters. The zero-order chi connectivity index (χ0) is 21.0. The molecule has 7 nitrogen and oxygen atoms in total. The molecular weight excluding hydrogens is 416 g/mol. The lowest BCUT2D eigenvalue weighted by Gasteiger charge is -2.09. The second-order valence-corrected chi connectivity index (χ2v) is 8.29. The van der Waals surface area contributed by atoms with Gasteiger partial charge >= 0.3 is 5.97 Å². The molecule has 1 aromatic carbocycles. The first-order valence-corrected chi connectivity index (χ1v) is 10.7. The Balaban J connectivity index is 1.94. The summed E-state index contributed by atoms with van der Waals surface area (Å²) in [7, 11) is 0. The van der Waals surface area contributed by atoms with Crippen molar-refractivity contribution in [3.63, 3.8) is 0 Å². The number of fused-ring (bicyclic) bond motifs is 1. The number of nitrogens with zero attached hydrogens (tertiary/aromatic N) is 1. The monoisotopic (exact) mass is 436 g/mol. The Morgan fingerprint density at radius 1 is 1.28 bits per heavy atom. The van der Waals surface area contributed by atoms with Crippen molar-refractivity contribution in [2.24, 2.45) is 0 Å². The van der Waals surface area contributed by atoms with E-state index in [4.69, 9.17) is 16.3 Å². The molecule has 1 heterocycles. The first-order chi connectivity index (χ1) is 13.9. The van der Waals surface area contributed by atoms with Crippen molar-refractivity contribution in [2.45, 2.75) is 45.4 Å². The van der Waals surface area contributed by atoms with Gasteiger partial charge in [-0.2, -0.15) is 0 Å². The van der Waals surface area contributed by atoms with E-state index in [2.05, 4.69) is 5.32 Å². The van der Waals surface area contributed by atoms with Gasteiger partial charge in [-0.3, -0.25) is 14.9 Å². The van der Waals surface area contributed by atoms with E-state index < -0.39 is 16.8 Å². The summed E-state index contributed by atoms with van der Waals surface area (Å²) in [5, 5.41) is 14.2. The predicted molar refractivity (Wildman–Crippen MR) is 112 cm³/mol. The van der Waals surface area contributed by atoms with Gasteiger partial charge in [0, 0.05) is 16.5 Å². The van der Waals surface area contributed by atoms with E-state index in [9.17, 15) is 19.7 Å². The number of ether oxygens (including phenoxy) is 1. The van der Waals surface area contributed by atoms with Crippen molar-refractivity contribution in [1.29, 1.82) is 0 Å². The molecular formula is C20H21ClN2O5S. The zero-order valence-corrected chi connectivity index (χ0v) is 17.5. The Labute approximate surface area is 177 Å². The molecule has 0 spiro atoms. The van der Waals surface area contributed by atoms with Gasteiger partial charge in [-0.25, -0.2) is 4.79 Å². The van der Waals surface area contributed by atoms with E-state index in [0.717, 1.165) is 48.6 Å². The normalized spacial score (nSPS) is 13.3. The van der Waals surface area contributed by atoms with Gasteiger partial charge in [0.1, 0.15) is 10.0 Å². The fourth-order valence-electron chi connectivity index (χ4n) is 3.28. The van der Waals surface area contributed by atoms with Gasteiger partial charge in [0.05, 0.1) is 17.1 Å². The molecule has 9 heteroatoms. The molecule has 1 aromatic heterocycles. The number of esters is 1. The number of carbonyl (C=O) groups is 2. The Kier molecular flexibility index (Phi) is 6.87. The van der Waals surface area contributed by atoms with Gasteiger partial charge in [0.25, 0.3) is 11.6 Å². The minimum Gasteiger partial charge on any atom is -0.462 e. The van der Waals surface area contributed by atoms with E-state index >= 15 is 0 Å². The molecule has 1 amide bonds. The number of anilines is 1. The van der Waals surface area contributed by atoms with Crippen molar-refractivity contribution >= 4 is 45.5 Å². The van der Waals surface area contributed by atoms with Crippen molar-refractivity contribution in [2.75, 3.05) is 11.9 Å². The van der Waals surface area contributed by atoms with E-state index in [1.165, 1.54) is 23.5 Å². The zero-order valence-electron chi connectivity index (χ0n) is 16.0. The molecule has 154 valence electrons. The number of nitro benzene ring substituents is 1. The van der Waals surface area contributed by atoms with Crippen LogP contribution in [-0.4, -0.2) is 23.4 Å². The van der Waals surface area contributed by atoms with Crippen LogP contribution in [0, 0.1) is 10.1 Å². The van der Waals surface area contributed by atoms with Crippen molar-refractivity contribution in [3.05, 3.63) is 54.9 Å². The number of rotatable bonds is 6. The molecule has 29 heavy (non-hydrogen) atoms. The number of benzene rings is 1. The maximum Gasteiger partial charge on any atom is 0.341 e. The third-order valence-corrected chi connectivity index (χ3v) is 6.22. The van der Waals surface area contributed by atoms with Gasteiger partial charge in [-0.05, 0) is 49.8 Å². The van der Waals surface area contributed by atoms with Crippen LogP contribution in [0.4, 0.5) is 10.7 Å². The van der Waals surface area contributed by atoms with E-state index in [1.807, 2.05) is 6.92 Å². The molecule has 0 radical (unpaired) electrons. The molecule has 1 N–H and O–H groups in total. The second-order valence-electron chi connectivity index (χ2n) is 6.78. The molecule has 0 aliphatic heterocycles. The van der Waals surface area contributed by atoms with Crippen LogP contribution in [0.15, 0.2) is 18.2 Å². The van der Waals surface area contributed by atoms with Crippen LogP contribution in [0.2, 0.25) is 5.02 Å². The largest absolute Gasteiger partial charge is 0.462 e. The standard InChI is InChI=1S/C20H21ClN2O5S/c1-2-10-28-20(25)17-13-6-4-3-5-7-16(13)29-19(17)22-18(24)12-8-9-14(21)15(11-12)23(26)27/h8-9,11H,2-7,10H2,1H3,(H,22,24). The fourth-order valence-corrected chi connectivity index (χ4v) is 4.74. The Hall–Kier alpha value is -2.45. The molecule has 2 aromatic rings. The Morgan fingerprint density at radius 2 is 2.03 bits per heavy atom. The lowest BCUT2D eigenvalue weighted by atomic mass is 10.1. The number of hydrogen-bond donors (Lipinski definition) is 1. The third-order valence-electron chi connectivity index (χ3n) is 4.69. The van der Waals surface area contributed by atoms with E-state index in [0.29, 0.717) is 23.6 Å². The van der Waals surface area contributed by atoms with Crippen LogP contribution in [0.25, 0.3) is 0 Å². The van der Waals surface area contributed by atoms with Crippen LogP contribution >= 0.6 is 22.9 Å². The minimum atomic E-state index is -0.639. The third kappa shape index (κ3) is 4.76. The number of carbonyl (C=O) groups excluding carboxylic acids is 2. The second kappa shape index (κ2) is 9.37. The molecule has 0 bridgehead atoms. The fraction of sp³-hybridized carbons (Fsp3) is 0.400. The van der Waals surface area contributed by atoms with Crippen LogP contribution in [0.1, 0.15) is 63.8 Å². The average Bonchev–Trinajstić information content (AvgIpc) is 2.86. The van der Waals surface area contributed by atoms with Crippen LogP contribution < -0.4 is 5.32 Å². The summed E-state index contributed by atoms with van der Waals surface area (Å²) in [5.41, 5.74) is 1.12. The maximum atomic E-state index is 12.7. The summed E-state index contributed by atoms with van der Waals surface area (Å²) >= 11 is 7.20. The molecule has 0 saturated heterocycles. The topological polar surface area (TPSA) is 98.5 Å². The van der Waals surface area contributed by atoms with Gasteiger partial charge < -0.3 is 10.1 Å². The summed E-state index contributed by atoms with van der Waals surface area (Å²) < 4.78 is 5.35. The quantitative estimate of drug-likeness (QED) is 0.283. The highest BCUT2D eigenvalue weighted by Gasteiger charge is 2.27. The Morgan fingerprint density at radius 3 is 2.76 bits per heavy atom. The van der Waals surface area contributed by atoms with Crippen molar-refractivity contribution in [1.82, 2.24) is 0 Å².